The van der Waals surface area contributed by atoms with E-state index in [9.17, 15) is 33.6 Å². The monoisotopic (exact) mass is 713 g/mol. The van der Waals surface area contributed by atoms with E-state index in [0.29, 0.717) is 12.8 Å². The van der Waals surface area contributed by atoms with Crippen molar-refractivity contribution in [1.82, 2.24) is 37.2 Å². The molecule has 0 aliphatic rings. The van der Waals surface area contributed by atoms with Crippen molar-refractivity contribution in [2.45, 2.75) is 145 Å². The van der Waals surface area contributed by atoms with E-state index < -0.39 is 89.6 Å². The smallest absolute Gasteiger partial charge is 0.408 e. The first-order chi connectivity index (χ1) is 22.9. The van der Waals surface area contributed by atoms with Crippen LogP contribution >= 0.6 is 0 Å². The molecule has 16 nitrogen and oxygen atoms in total. The van der Waals surface area contributed by atoms with Gasteiger partial charge in [0.05, 0.1) is 7.11 Å². The van der Waals surface area contributed by atoms with E-state index in [4.69, 9.17) is 9.47 Å². The van der Waals surface area contributed by atoms with E-state index in [1.807, 2.05) is 27.7 Å². The minimum absolute atomic E-state index is 0.0296. The zero-order chi connectivity index (χ0) is 39.1. The number of urea groups is 1. The number of hydrogen-bond donors (Lipinski definition) is 7. The second kappa shape index (κ2) is 21.2. The van der Waals surface area contributed by atoms with Gasteiger partial charge in [-0.1, -0.05) is 55.4 Å². The van der Waals surface area contributed by atoms with Crippen molar-refractivity contribution in [3.63, 3.8) is 0 Å². The Balaban J connectivity index is 5.52. The molecule has 0 bridgehead atoms. The van der Waals surface area contributed by atoms with E-state index >= 15 is 0 Å². The molecule has 7 N–H and O–H groups in total. The van der Waals surface area contributed by atoms with Crippen LogP contribution in [0, 0.1) is 23.7 Å². The first kappa shape index (κ1) is 45.9. The number of nitrogens with one attached hydrogen (secondary N) is 7. The van der Waals surface area contributed by atoms with Gasteiger partial charge in [-0.2, -0.15) is 0 Å². The Labute approximate surface area is 297 Å². The van der Waals surface area contributed by atoms with Gasteiger partial charge < -0.3 is 46.7 Å². The first-order valence-corrected chi connectivity index (χ1v) is 17.2. The van der Waals surface area contributed by atoms with Gasteiger partial charge in [-0.15, -0.1) is 0 Å². The number of methoxy groups -OCH3 is 1. The summed E-state index contributed by atoms with van der Waals surface area (Å²) in [6, 6.07) is -5.74. The van der Waals surface area contributed by atoms with Gasteiger partial charge in [0.25, 0.3) is 0 Å². The zero-order valence-electron chi connectivity index (χ0n) is 32.4. The Morgan fingerprint density at radius 1 is 0.540 bits per heavy atom. The molecule has 0 saturated heterocycles. The van der Waals surface area contributed by atoms with Gasteiger partial charge in [-0.05, 0) is 71.1 Å². The number of hydrogen-bond acceptors (Lipinski definition) is 9. The third kappa shape index (κ3) is 18.0. The second-order valence-corrected chi connectivity index (χ2v) is 15.1. The molecule has 0 aromatic heterocycles. The van der Waals surface area contributed by atoms with Crippen LogP contribution in [0.3, 0.4) is 0 Å². The average molecular weight is 714 g/mol. The summed E-state index contributed by atoms with van der Waals surface area (Å²) >= 11 is 0. The van der Waals surface area contributed by atoms with Crippen LogP contribution < -0.4 is 37.2 Å². The van der Waals surface area contributed by atoms with Gasteiger partial charge in [-0.25, -0.2) is 14.4 Å². The lowest BCUT2D eigenvalue weighted by molar-refractivity contribution is -0.145. The van der Waals surface area contributed by atoms with Crippen molar-refractivity contribution >= 4 is 41.7 Å². The van der Waals surface area contributed by atoms with Gasteiger partial charge in [0.1, 0.15) is 42.0 Å². The number of carbonyl (C=O) groups excluding carboxylic acids is 7. The van der Waals surface area contributed by atoms with Crippen molar-refractivity contribution < 1.29 is 43.0 Å². The van der Waals surface area contributed by atoms with Crippen LogP contribution in [0.2, 0.25) is 0 Å². The van der Waals surface area contributed by atoms with Gasteiger partial charge in [0, 0.05) is 0 Å². The number of rotatable bonds is 18. The molecule has 50 heavy (non-hydrogen) atoms. The Hall–Kier alpha value is -4.11. The fourth-order valence-corrected chi connectivity index (χ4v) is 4.63. The summed E-state index contributed by atoms with van der Waals surface area (Å²) in [7, 11) is 1.23. The fourth-order valence-electron chi connectivity index (χ4n) is 4.63. The van der Waals surface area contributed by atoms with E-state index in [1.165, 1.54) is 21.0 Å². The lowest BCUT2D eigenvalue weighted by atomic mass is 10.0. The van der Waals surface area contributed by atoms with Crippen molar-refractivity contribution in [3.8, 4) is 0 Å². The summed E-state index contributed by atoms with van der Waals surface area (Å²) < 4.78 is 10.0. The SMILES string of the molecule is COC(=O)[C@H](CC(C)C)NC(=O)[C@H](C)NC(=O)[C@@H](NC(=O)N[C@H](CC(C)C)NC(=O)[C@H](C)NC(=O)[C@@H](NC(=O)OC(C)(C)C)C(C)C)C(C)C. The van der Waals surface area contributed by atoms with Crippen molar-refractivity contribution in [3.05, 3.63) is 0 Å². The summed E-state index contributed by atoms with van der Waals surface area (Å²) in [6.07, 6.45) is -0.976. The minimum atomic E-state index is -1.06. The molecule has 0 fully saturated rings. The molecule has 0 radical (unpaired) electrons. The van der Waals surface area contributed by atoms with Gasteiger partial charge in [0.2, 0.25) is 23.6 Å². The van der Waals surface area contributed by atoms with Crippen LogP contribution in [0.1, 0.15) is 103 Å². The van der Waals surface area contributed by atoms with E-state index in [-0.39, 0.29) is 17.8 Å². The third-order valence-electron chi connectivity index (χ3n) is 7.20. The van der Waals surface area contributed by atoms with Crippen LogP contribution in [0.5, 0.6) is 0 Å². The lowest BCUT2D eigenvalue weighted by Gasteiger charge is -2.28. The Kier molecular flexibility index (Phi) is 19.4. The van der Waals surface area contributed by atoms with Gasteiger partial charge in [0.15, 0.2) is 0 Å². The highest BCUT2D eigenvalue weighted by molar-refractivity contribution is 5.94. The molecule has 6 atom stereocenters. The fraction of sp³-hybridized carbons (Fsp3) is 0.794. The van der Waals surface area contributed by atoms with Crippen LogP contribution in [-0.2, 0) is 33.4 Å². The van der Waals surface area contributed by atoms with Crippen LogP contribution in [0.25, 0.3) is 0 Å². The Morgan fingerprint density at radius 3 is 1.38 bits per heavy atom. The van der Waals surface area contributed by atoms with Crippen LogP contribution in [0.15, 0.2) is 0 Å². The minimum Gasteiger partial charge on any atom is -0.467 e. The molecule has 7 amide bonds. The molecule has 0 aliphatic carbocycles. The molecule has 0 saturated carbocycles. The molecular formula is C34H63N7O9. The Bertz CT molecular complexity index is 1170. The largest absolute Gasteiger partial charge is 0.467 e. The predicted octanol–water partition coefficient (Wildman–Crippen LogP) is 2.06. The number of alkyl carbamates (subject to hydrolysis) is 1. The van der Waals surface area contributed by atoms with Gasteiger partial charge >= 0.3 is 18.1 Å². The van der Waals surface area contributed by atoms with Crippen molar-refractivity contribution in [1.29, 1.82) is 0 Å². The lowest BCUT2D eigenvalue weighted by Crippen LogP contribution is -2.60. The maximum absolute atomic E-state index is 13.2. The molecular weight excluding hydrogens is 650 g/mol. The highest BCUT2D eigenvalue weighted by atomic mass is 16.6. The normalized spacial score (nSPS) is 15.2. The Morgan fingerprint density at radius 2 is 0.980 bits per heavy atom. The maximum atomic E-state index is 13.2. The quantitative estimate of drug-likeness (QED) is 0.0815. The number of ether oxygens (including phenoxy) is 2. The number of amides is 7. The molecule has 16 heteroatoms. The molecule has 288 valence electrons. The van der Waals surface area contributed by atoms with Gasteiger partial charge in [-0.3, -0.25) is 19.2 Å². The van der Waals surface area contributed by atoms with E-state index in [1.54, 1.807) is 48.5 Å². The van der Waals surface area contributed by atoms with Crippen molar-refractivity contribution in [2.75, 3.05) is 7.11 Å². The molecule has 0 aromatic rings. The summed E-state index contributed by atoms with van der Waals surface area (Å²) in [5, 5.41) is 18.3. The molecule has 0 unspecified atom stereocenters. The number of carbonyl (C=O) groups is 7. The highest BCUT2D eigenvalue weighted by Crippen LogP contribution is 2.10. The average Bonchev–Trinajstić information content (AvgIpc) is 2.95. The van der Waals surface area contributed by atoms with Crippen LogP contribution in [0.4, 0.5) is 9.59 Å². The molecule has 0 spiro atoms. The summed E-state index contributed by atoms with van der Waals surface area (Å²) in [5.41, 5.74) is -0.766. The summed E-state index contributed by atoms with van der Waals surface area (Å²) in [5.74, 6) is -3.59. The molecule has 0 rings (SSSR count). The molecule has 0 aromatic carbocycles. The zero-order valence-corrected chi connectivity index (χ0v) is 32.4. The second-order valence-electron chi connectivity index (χ2n) is 15.1. The van der Waals surface area contributed by atoms with E-state index in [0.717, 1.165) is 0 Å². The van der Waals surface area contributed by atoms with Crippen LogP contribution in [-0.4, -0.2) is 90.8 Å². The topological polar surface area (TPSA) is 222 Å². The molecule has 0 aliphatic heterocycles. The predicted molar refractivity (Wildman–Crippen MR) is 188 cm³/mol. The van der Waals surface area contributed by atoms with Crippen molar-refractivity contribution in [2.24, 2.45) is 23.7 Å². The maximum Gasteiger partial charge on any atom is 0.408 e. The third-order valence-corrected chi connectivity index (χ3v) is 7.20. The standard InChI is InChI=1S/C34H63N7O9/c1-17(2)15-23(31(46)49-14)37-27(42)21(9)35-29(44)25(19(5)6)40-32(47)39-24(16-18(3)4)38-28(43)22(10)36-30(45)26(20(7)8)41-33(48)50-34(11,12)13/h17-26H,15-16H2,1-14H3,(H,35,44)(H,36,45)(H,37,42)(H,38,43)(H,41,48)(H2,39,40,47)/t21-,22-,23-,24+,25-,26-/m0/s1. The van der Waals surface area contributed by atoms with E-state index in [2.05, 4.69) is 37.2 Å². The summed E-state index contributed by atoms with van der Waals surface area (Å²) in [4.78, 5) is 89.7. The summed E-state index contributed by atoms with van der Waals surface area (Å²) in [6.45, 7) is 22.5. The number of esters is 1. The molecule has 0 heterocycles. The first-order valence-electron chi connectivity index (χ1n) is 17.2. The highest BCUT2D eigenvalue weighted by Gasteiger charge is 2.32.